The fourth-order valence-electron chi connectivity index (χ4n) is 5.50. The molecule has 3 N–H and O–H groups in total. The van der Waals surface area contributed by atoms with E-state index in [1.54, 1.807) is 6.07 Å². The first kappa shape index (κ1) is 24.3. The fourth-order valence-corrected chi connectivity index (χ4v) is 5.50. The molecule has 0 aliphatic carbocycles. The minimum atomic E-state index is -1.25. The predicted molar refractivity (Wildman–Crippen MR) is 124 cm³/mol. The molecule has 2 aliphatic heterocycles. The highest BCUT2D eigenvalue weighted by molar-refractivity contribution is 5.92. The smallest absolute Gasteiger partial charge is 0.251 e. The average molecular weight is 472 g/mol. The van der Waals surface area contributed by atoms with Crippen molar-refractivity contribution in [3.8, 4) is 0 Å². The van der Waals surface area contributed by atoms with Gasteiger partial charge in [-0.15, -0.1) is 0 Å². The Kier molecular flexibility index (Phi) is 7.28. The summed E-state index contributed by atoms with van der Waals surface area (Å²) in [5.74, 6) is -2.06. The summed E-state index contributed by atoms with van der Waals surface area (Å²) in [7, 11) is 0. The largest absolute Gasteiger partial charge is 0.384 e. The van der Waals surface area contributed by atoms with Gasteiger partial charge in [-0.25, -0.2) is 8.78 Å². The third-order valence-corrected chi connectivity index (χ3v) is 7.23. The molecule has 0 radical (unpaired) electrons. The summed E-state index contributed by atoms with van der Waals surface area (Å²) in [6.07, 6.45) is 2.71. The molecule has 2 aromatic rings. The number of nitrogens with zero attached hydrogens (tertiary/aromatic N) is 2. The zero-order valence-electron chi connectivity index (χ0n) is 19.3. The summed E-state index contributed by atoms with van der Waals surface area (Å²) in [4.78, 5) is 27.9. The summed E-state index contributed by atoms with van der Waals surface area (Å²) in [5, 5.41) is 9.86. The molecule has 182 valence electrons. The lowest BCUT2D eigenvalue weighted by Crippen LogP contribution is -2.48. The highest BCUT2D eigenvalue weighted by Crippen LogP contribution is 2.43. The summed E-state index contributed by atoms with van der Waals surface area (Å²) < 4.78 is 28.4. The van der Waals surface area contributed by atoms with E-state index in [0.717, 1.165) is 31.2 Å². The van der Waals surface area contributed by atoms with Crippen molar-refractivity contribution in [2.45, 2.75) is 63.3 Å². The van der Waals surface area contributed by atoms with Gasteiger partial charge in [-0.3, -0.25) is 14.5 Å². The van der Waals surface area contributed by atoms with Crippen LogP contribution in [-0.4, -0.2) is 58.0 Å². The molecular weight excluding hydrogens is 440 g/mol. The Bertz CT molecular complexity index is 1030. The molecule has 2 unspecified atom stereocenters. The van der Waals surface area contributed by atoms with Crippen molar-refractivity contribution in [1.29, 1.82) is 0 Å². The number of primary amides is 1. The molecule has 2 aliphatic rings. The van der Waals surface area contributed by atoms with Crippen LogP contribution < -0.4 is 5.73 Å². The van der Waals surface area contributed by atoms with Gasteiger partial charge in [0.1, 0.15) is 17.7 Å². The number of aliphatic hydroxyl groups is 1. The van der Waals surface area contributed by atoms with Crippen molar-refractivity contribution in [2.75, 3.05) is 13.1 Å². The van der Waals surface area contributed by atoms with E-state index < -0.39 is 29.6 Å². The predicted octanol–water partition coefficient (Wildman–Crippen LogP) is 3.18. The van der Waals surface area contributed by atoms with Gasteiger partial charge in [0.15, 0.2) is 0 Å². The van der Waals surface area contributed by atoms with Crippen molar-refractivity contribution >= 4 is 11.8 Å². The minimum Gasteiger partial charge on any atom is -0.384 e. The molecule has 2 aromatic carbocycles. The summed E-state index contributed by atoms with van der Waals surface area (Å²) >= 11 is 0. The van der Waals surface area contributed by atoms with E-state index in [1.807, 2.05) is 18.2 Å². The van der Waals surface area contributed by atoms with Crippen molar-refractivity contribution < 1.29 is 23.5 Å². The summed E-state index contributed by atoms with van der Waals surface area (Å²) in [6, 6.07) is 11.8. The van der Waals surface area contributed by atoms with Gasteiger partial charge >= 0.3 is 0 Å². The standard InChI is InChI=1S/C26H31F2N3O3/c1-16(32)26(34)30(15-22-23(27)6-3-7-24(22)28)10-11-31-20-8-9-21(31)14-19(13-20)17-4-2-5-18(12-17)25(29)33/h2-7,12,16,19-21,32H,8-11,13-15H2,1H3,(H2,29,33)/t16-,19?,20?,21?/m0/s1. The number of benzene rings is 2. The topological polar surface area (TPSA) is 86.9 Å². The number of halogens is 2. The summed E-state index contributed by atoms with van der Waals surface area (Å²) in [5.41, 5.74) is 6.90. The molecule has 2 fully saturated rings. The third-order valence-electron chi connectivity index (χ3n) is 7.23. The van der Waals surface area contributed by atoms with Crippen LogP contribution in [0.3, 0.4) is 0 Å². The molecule has 0 aromatic heterocycles. The van der Waals surface area contributed by atoms with Crippen LogP contribution in [0.25, 0.3) is 0 Å². The number of carbonyl (C=O) groups is 2. The van der Waals surface area contributed by atoms with E-state index in [1.165, 1.54) is 30.0 Å². The van der Waals surface area contributed by atoms with Gasteiger partial charge in [0.2, 0.25) is 5.91 Å². The van der Waals surface area contributed by atoms with Gasteiger partial charge in [-0.1, -0.05) is 18.2 Å². The summed E-state index contributed by atoms with van der Waals surface area (Å²) in [6.45, 7) is 1.97. The Hall–Kier alpha value is -2.84. The van der Waals surface area contributed by atoms with Crippen LogP contribution in [-0.2, 0) is 11.3 Å². The normalized spacial score (nSPS) is 23.0. The maximum absolute atomic E-state index is 14.2. The van der Waals surface area contributed by atoms with Crippen LogP contribution in [0.5, 0.6) is 0 Å². The molecule has 0 saturated carbocycles. The fraction of sp³-hybridized carbons (Fsp3) is 0.462. The maximum atomic E-state index is 14.2. The van der Waals surface area contributed by atoms with Gasteiger partial charge < -0.3 is 15.7 Å². The second-order valence-corrected chi connectivity index (χ2v) is 9.42. The molecule has 8 heteroatoms. The van der Waals surface area contributed by atoms with Crippen molar-refractivity contribution in [1.82, 2.24) is 9.80 Å². The molecular formula is C26H31F2N3O3. The van der Waals surface area contributed by atoms with E-state index in [0.29, 0.717) is 30.1 Å². The SMILES string of the molecule is C[C@H](O)C(=O)N(CCN1C2CCC1CC(c1cccc(C(N)=O)c1)C2)Cc1c(F)cccc1F. The van der Waals surface area contributed by atoms with Gasteiger partial charge in [0.25, 0.3) is 5.91 Å². The number of carbonyl (C=O) groups excluding carboxylic acids is 2. The number of piperidine rings is 1. The van der Waals surface area contributed by atoms with E-state index in [4.69, 9.17) is 5.73 Å². The highest BCUT2D eigenvalue weighted by Gasteiger charge is 2.41. The number of hydrogen-bond donors (Lipinski definition) is 2. The maximum Gasteiger partial charge on any atom is 0.251 e. The van der Waals surface area contributed by atoms with Crippen molar-refractivity contribution in [2.24, 2.45) is 5.73 Å². The molecule has 2 bridgehead atoms. The van der Waals surface area contributed by atoms with Gasteiger partial charge in [0, 0.05) is 36.3 Å². The number of hydrogen-bond acceptors (Lipinski definition) is 4. The lowest BCUT2D eigenvalue weighted by Gasteiger charge is -2.40. The van der Waals surface area contributed by atoms with Crippen LogP contribution >= 0.6 is 0 Å². The molecule has 34 heavy (non-hydrogen) atoms. The molecule has 2 saturated heterocycles. The Morgan fingerprint density at radius 1 is 1.12 bits per heavy atom. The van der Waals surface area contributed by atoms with Gasteiger partial charge in [-0.2, -0.15) is 0 Å². The number of fused-ring (bicyclic) bond motifs is 2. The molecule has 0 spiro atoms. The molecule has 2 amide bonds. The van der Waals surface area contributed by atoms with Crippen molar-refractivity contribution in [3.63, 3.8) is 0 Å². The first-order chi connectivity index (χ1) is 16.2. The van der Waals surface area contributed by atoms with Crippen LogP contribution in [0.4, 0.5) is 8.78 Å². The zero-order valence-corrected chi connectivity index (χ0v) is 19.3. The van der Waals surface area contributed by atoms with Crippen LogP contribution in [0.1, 0.15) is 60.0 Å². The minimum absolute atomic E-state index is 0.174. The quantitative estimate of drug-likeness (QED) is 0.619. The number of amides is 2. The van der Waals surface area contributed by atoms with Crippen molar-refractivity contribution in [3.05, 3.63) is 70.8 Å². The Morgan fingerprint density at radius 3 is 2.32 bits per heavy atom. The number of nitrogens with two attached hydrogens (primary N) is 1. The first-order valence-corrected chi connectivity index (χ1v) is 11.8. The Balaban J connectivity index is 1.44. The molecule has 3 atom stereocenters. The van der Waals surface area contributed by atoms with Crippen LogP contribution in [0.15, 0.2) is 42.5 Å². The highest BCUT2D eigenvalue weighted by atomic mass is 19.1. The van der Waals surface area contributed by atoms with E-state index in [2.05, 4.69) is 4.90 Å². The van der Waals surface area contributed by atoms with E-state index in [9.17, 15) is 23.5 Å². The van der Waals surface area contributed by atoms with Gasteiger partial charge in [0.05, 0.1) is 6.54 Å². The van der Waals surface area contributed by atoms with E-state index >= 15 is 0 Å². The molecule has 4 rings (SSSR count). The zero-order chi connectivity index (χ0) is 24.4. The monoisotopic (exact) mass is 471 g/mol. The van der Waals surface area contributed by atoms with Crippen LogP contribution in [0.2, 0.25) is 0 Å². The van der Waals surface area contributed by atoms with Gasteiger partial charge in [-0.05, 0) is 68.4 Å². The Labute approximate surface area is 198 Å². The van der Waals surface area contributed by atoms with E-state index in [-0.39, 0.29) is 18.7 Å². The second kappa shape index (κ2) is 10.2. The lowest BCUT2D eigenvalue weighted by atomic mass is 9.84. The Morgan fingerprint density at radius 2 is 1.74 bits per heavy atom. The number of rotatable bonds is 8. The molecule has 6 nitrogen and oxygen atoms in total. The number of aliphatic hydroxyl groups excluding tert-OH is 1. The third kappa shape index (κ3) is 5.13. The second-order valence-electron chi connectivity index (χ2n) is 9.42. The van der Waals surface area contributed by atoms with Crippen LogP contribution in [0, 0.1) is 11.6 Å². The molecule has 2 heterocycles. The average Bonchev–Trinajstić information content (AvgIpc) is 3.04. The first-order valence-electron chi connectivity index (χ1n) is 11.8. The lowest BCUT2D eigenvalue weighted by molar-refractivity contribution is -0.140.